The van der Waals surface area contributed by atoms with Gasteiger partial charge in [0.15, 0.2) is 0 Å². The zero-order valence-electron chi connectivity index (χ0n) is 12.5. The fourth-order valence-electron chi connectivity index (χ4n) is 2.29. The summed E-state index contributed by atoms with van der Waals surface area (Å²) < 4.78 is 13.3. The van der Waals surface area contributed by atoms with E-state index in [0.717, 1.165) is 6.54 Å². The average Bonchev–Trinajstić information content (AvgIpc) is 2.95. The first-order chi connectivity index (χ1) is 9.99. The van der Waals surface area contributed by atoms with Crippen LogP contribution in [0.1, 0.15) is 29.4 Å². The molecule has 2 atom stereocenters. The maximum atomic E-state index is 13.3. The summed E-state index contributed by atoms with van der Waals surface area (Å²) in [5, 5.41) is 15.3. The highest BCUT2D eigenvalue weighted by atomic mass is 32.1. The van der Waals surface area contributed by atoms with Crippen LogP contribution in [0.3, 0.4) is 0 Å². The summed E-state index contributed by atoms with van der Waals surface area (Å²) in [6.45, 7) is 2.65. The quantitative estimate of drug-likeness (QED) is 0.857. The number of likely N-dealkylation sites (N-methyl/N-ethyl adjacent to an activating group) is 1. The molecule has 1 heterocycles. The summed E-state index contributed by atoms with van der Waals surface area (Å²) in [5.41, 5.74) is 0.582. The summed E-state index contributed by atoms with van der Waals surface area (Å²) in [4.78, 5) is 3.43. The van der Waals surface area contributed by atoms with E-state index in [1.807, 2.05) is 27.1 Å². The molecule has 1 aromatic heterocycles. The van der Waals surface area contributed by atoms with E-state index >= 15 is 0 Å². The molecule has 1 aromatic carbocycles. The maximum absolute atomic E-state index is 13.3. The van der Waals surface area contributed by atoms with Crippen molar-refractivity contribution in [1.29, 1.82) is 0 Å². The normalized spacial score (nSPS) is 14.3. The minimum atomic E-state index is -0.334. The molecule has 0 bridgehead atoms. The van der Waals surface area contributed by atoms with E-state index < -0.39 is 0 Å². The number of hydrogen-bond donors (Lipinski definition) is 2. The standard InChI is InChI=1S/C16H21FN2OS/c1-11(13-9-12(17)6-7-15(13)20)18-10-14(19(2)3)16-5-4-8-21-16/h4-9,11,14,18,20H,10H2,1-3H3. The van der Waals surface area contributed by atoms with E-state index in [1.54, 1.807) is 11.3 Å². The van der Waals surface area contributed by atoms with Crippen LogP contribution in [0.15, 0.2) is 35.7 Å². The Balaban J connectivity index is 2.05. The van der Waals surface area contributed by atoms with Crippen LogP contribution in [0.2, 0.25) is 0 Å². The summed E-state index contributed by atoms with van der Waals surface area (Å²) in [5.74, 6) is -0.215. The Kier molecular flexibility index (Phi) is 5.33. The number of nitrogens with one attached hydrogen (secondary N) is 1. The summed E-state index contributed by atoms with van der Waals surface area (Å²) >= 11 is 1.72. The van der Waals surface area contributed by atoms with Crippen molar-refractivity contribution in [2.24, 2.45) is 0 Å². The van der Waals surface area contributed by atoms with Crippen molar-refractivity contribution >= 4 is 11.3 Å². The van der Waals surface area contributed by atoms with Gasteiger partial charge in [0.1, 0.15) is 11.6 Å². The van der Waals surface area contributed by atoms with Crippen LogP contribution < -0.4 is 5.32 Å². The second-order valence-electron chi connectivity index (χ2n) is 5.33. The highest BCUT2D eigenvalue weighted by Gasteiger charge is 2.18. The van der Waals surface area contributed by atoms with E-state index in [-0.39, 0.29) is 23.7 Å². The van der Waals surface area contributed by atoms with Gasteiger partial charge in [-0.1, -0.05) is 6.07 Å². The molecule has 0 fully saturated rings. The Bertz CT molecular complexity index is 572. The molecule has 2 unspecified atom stereocenters. The first-order valence-electron chi connectivity index (χ1n) is 6.90. The molecular formula is C16H21FN2OS. The van der Waals surface area contributed by atoms with Crippen molar-refractivity contribution in [3.63, 3.8) is 0 Å². The van der Waals surface area contributed by atoms with Crippen molar-refractivity contribution in [2.75, 3.05) is 20.6 Å². The van der Waals surface area contributed by atoms with Crippen molar-refractivity contribution in [3.05, 3.63) is 52.0 Å². The number of benzene rings is 1. The SMILES string of the molecule is CC(NCC(c1cccs1)N(C)C)c1cc(F)ccc1O. The molecule has 3 nitrogen and oxygen atoms in total. The van der Waals surface area contributed by atoms with Crippen LogP contribution in [-0.4, -0.2) is 30.6 Å². The molecule has 0 aliphatic rings. The van der Waals surface area contributed by atoms with Crippen molar-refractivity contribution in [2.45, 2.75) is 19.0 Å². The van der Waals surface area contributed by atoms with Crippen LogP contribution in [-0.2, 0) is 0 Å². The third kappa shape index (κ3) is 4.03. The number of thiophene rings is 1. The van der Waals surface area contributed by atoms with Crippen LogP contribution in [0.25, 0.3) is 0 Å². The van der Waals surface area contributed by atoms with Gasteiger partial charge in [0.05, 0.1) is 6.04 Å². The molecule has 2 aromatic rings. The molecule has 2 rings (SSSR count). The zero-order chi connectivity index (χ0) is 15.4. The van der Waals surface area contributed by atoms with Gasteiger partial charge in [-0.2, -0.15) is 0 Å². The molecule has 114 valence electrons. The lowest BCUT2D eigenvalue weighted by Crippen LogP contribution is -2.32. The molecule has 0 aliphatic carbocycles. The number of aromatic hydroxyl groups is 1. The predicted molar refractivity (Wildman–Crippen MR) is 85.2 cm³/mol. The smallest absolute Gasteiger partial charge is 0.123 e. The van der Waals surface area contributed by atoms with Gasteiger partial charge in [-0.3, -0.25) is 0 Å². The molecule has 0 aliphatic heterocycles. The molecule has 2 N–H and O–H groups in total. The zero-order valence-corrected chi connectivity index (χ0v) is 13.3. The first kappa shape index (κ1) is 15.9. The number of rotatable bonds is 6. The van der Waals surface area contributed by atoms with Crippen molar-refractivity contribution in [1.82, 2.24) is 10.2 Å². The van der Waals surface area contributed by atoms with Crippen LogP contribution >= 0.6 is 11.3 Å². The van der Waals surface area contributed by atoms with Crippen molar-refractivity contribution < 1.29 is 9.50 Å². The fourth-order valence-corrected chi connectivity index (χ4v) is 3.21. The molecular weight excluding hydrogens is 287 g/mol. The fraction of sp³-hybridized carbons (Fsp3) is 0.375. The Labute approximate surface area is 129 Å². The Morgan fingerprint density at radius 2 is 2.10 bits per heavy atom. The minimum absolute atomic E-state index is 0.119. The Hall–Kier alpha value is -1.43. The van der Waals surface area contributed by atoms with Gasteiger partial charge in [0, 0.05) is 23.0 Å². The van der Waals surface area contributed by atoms with E-state index in [2.05, 4.69) is 21.7 Å². The van der Waals surface area contributed by atoms with Gasteiger partial charge in [0.2, 0.25) is 0 Å². The second-order valence-corrected chi connectivity index (χ2v) is 6.31. The number of phenolic OH excluding ortho intramolecular Hbond substituents is 1. The Morgan fingerprint density at radius 3 is 2.71 bits per heavy atom. The maximum Gasteiger partial charge on any atom is 0.123 e. The van der Waals surface area contributed by atoms with Crippen molar-refractivity contribution in [3.8, 4) is 5.75 Å². The molecule has 5 heteroatoms. The molecule has 0 amide bonds. The van der Waals surface area contributed by atoms with E-state index in [0.29, 0.717) is 5.56 Å². The van der Waals surface area contributed by atoms with Gasteiger partial charge in [-0.15, -0.1) is 11.3 Å². The monoisotopic (exact) mass is 308 g/mol. The minimum Gasteiger partial charge on any atom is -0.508 e. The summed E-state index contributed by atoms with van der Waals surface area (Å²) in [6.07, 6.45) is 0. The van der Waals surface area contributed by atoms with Crippen LogP contribution in [0.5, 0.6) is 5.75 Å². The van der Waals surface area contributed by atoms with Gasteiger partial charge < -0.3 is 15.3 Å². The number of phenols is 1. The molecule has 21 heavy (non-hydrogen) atoms. The average molecular weight is 308 g/mol. The molecule has 0 saturated carbocycles. The highest BCUT2D eigenvalue weighted by molar-refractivity contribution is 7.10. The Morgan fingerprint density at radius 1 is 1.33 bits per heavy atom. The predicted octanol–water partition coefficient (Wildman–Crippen LogP) is 3.55. The second kappa shape index (κ2) is 7.02. The van der Waals surface area contributed by atoms with Crippen LogP contribution in [0.4, 0.5) is 4.39 Å². The largest absolute Gasteiger partial charge is 0.508 e. The topological polar surface area (TPSA) is 35.5 Å². The lowest BCUT2D eigenvalue weighted by Gasteiger charge is -2.26. The van der Waals surface area contributed by atoms with Gasteiger partial charge in [-0.25, -0.2) is 4.39 Å². The summed E-state index contributed by atoms with van der Waals surface area (Å²) in [7, 11) is 4.08. The molecule has 0 spiro atoms. The third-order valence-electron chi connectivity index (χ3n) is 3.57. The highest BCUT2D eigenvalue weighted by Crippen LogP contribution is 2.27. The van der Waals surface area contributed by atoms with Gasteiger partial charge in [-0.05, 0) is 50.7 Å². The molecule has 0 saturated heterocycles. The van der Waals surface area contributed by atoms with E-state index in [4.69, 9.17) is 0 Å². The number of hydrogen-bond acceptors (Lipinski definition) is 4. The first-order valence-corrected chi connectivity index (χ1v) is 7.78. The van der Waals surface area contributed by atoms with Crippen LogP contribution in [0, 0.1) is 5.82 Å². The lowest BCUT2D eigenvalue weighted by atomic mass is 10.1. The number of nitrogens with zero attached hydrogens (tertiary/aromatic N) is 1. The van der Waals surface area contributed by atoms with E-state index in [9.17, 15) is 9.50 Å². The molecule has 0 radical (unpaired) electrons. The lowest BCUT2D eigenvalue weighted by molar-refractivity contribution is 0.284. The summed E-state index contributed by atoms with van der Waals surface area (Å²) in [6, 6.07) is 8.32. The number of halogens is 1. The third-order valence-corrected chi connectivity index (χ3v) is 4.54. The van der Waals surface area contributed by atoms with E-state index in [1.165, 1.54) is 23.1 Å². The van der Waals surface area contributed by atoms with Gasteiger partial charge >= 0.3 is 0 Å². The van der Waals surface area contributed by atoms with Gasteiger partial charge in [0.25, 0.3) is 0 Å².